The minimum atomic E-state index is -4.75. The molecule has 2 aliphatic heterocycles. The molecule has 4 heterocycles. The SMILES string of the molecule is Cc1ncc(C2(C)CN(c3ccnc(C(F)(F)F)n3)C(=O)O2)c(C2CCN(C(=O)OC(C)(C)C)CC2)n1. The van der Waals surface area contributed by atoms with Crippen LogP contribution in [0.2, 0.25) is 0 Å². The second kappa shape index (κ2) is 9.42. The van der Waals surface area contributed by atoms with Crippen molar-refractivity contribution in [1.82, 2.24) is 24.8 Å². The lowest BCUT2D eigenvalue weighted by Crippen LogP contribution is -2.42. The Balaban J connectivity index is 1.56. The van der Waals surface area contributed by atoms with Gasteiger partial charge in [0.25, 0.3) is 0 Å². The van der Waals surface area contributed by atoms with Gasteiger partial charge in [0.15, 0.2) is 5.60 Å². The number of alkyl halides is 3. The number of cyclic esters (lactones) is 1. The van der Waals surface area contributed by atoms with Crippen LogP contribution in [0.1, 0.15) is 69.4 Å². The monoisotopic (exact) mass is 522 g/mol. The number of aryl methyl sites for hydroxylation is 1. The van der Waals surface area contributed by atoms with E-state index in [9.17, 15) is 22.8 Å². The van der Waals surface area contributed by atoms with Crippen molar-refractivity contribution in [3.8, 4) is 0 Å². The molecule has 2 amide bonds. The van der Waals surface area contributed by atoms with E-state index in [2.05, 4.69) is 19.9 Å². The summed E-state index contributed by atoms with van der Waals surface area (Å²) in [5, 5.41) is 0. The summed E-state index contributed by atoms with van der Waals surface area (Å²) in [6.45, 7) is 9.69. The van der Waals surface area contributed by atoms with Crippen molar-refractivity contribution in [1.29, 1.82) is 0 Å². The van der Waals surface area contributed by atoms with Gasteiger partial charge in [-0.05, 0) is 53.5 Å². The predicted molar refractivity (Wildman–Crippen MR) is 125 cm³/mol. The third-order valence-electron chi connectivity index (χ3n) is 6.21. The van der Waals surface area contributed by atoms with Crippen LogP contribution < -0.4 is 4.90 Å². The van der Waals surface area contributed by atoms with E-state index < -0.39 is 29.3 Å². The first kappa shape index (κ1) is 26.6. The van der Waals surface area contributed by atoms with Gasteiger partial charge in [-0.15, -0.1) is 0 Å². The molecule has 37 heavy (non-hydrogen) atoms. The van der Waals surface area contributed by atoms with Gasteiger partial charge in [-0.1, -0.05) is 0 Å². The Morgan fingerprint density at radius 3 is 2.46 bits per heavy atom. The van der Waals surface area contributed by atoms with Crippen LogP contribution in [0.15, 0.2) is 18.5 Å². The van der Waals surface area contributed by atoms with E-state index in [1.165, 1.54) is 6.07 Å². The summed E-state index contributed by atoms with van der Waals surface area (Å²) >= 11 is 0. The number of hydrogen-bond donors (Lipinski definition) is 0. The number of aromatic nitrogens is 4. The van der Waals surface area contributed by atoms with Crippen molar-refractivity contribution < 1.29 is 32.2 Å². The number of anilines is 1. The van der Waals surface area contributed by atoms with Crippen LogP contribution in [-0.4, -0.2) is 62.3 Å². The highest BCUT2D eigenvalue weighted by atomic mass is 19.4. The molecule has 13 heteroatoms. The molecule has 2 aromatic rings. The zero-order chi connectivity index (χ0) is 27.2. The Labute approximate surface area is 212 Å². The minimum Gasteiger partial charge on any atom is -0.444 e. The first-order valence-corrected chi connectivity index (χ1v) is 11.9. The molecule has 0 spiro atoms. The van der Waals surface area contributed by atoms with Crippen LogP contribution in [0.3, 0.4) is 0 Å². The number of nitrogens with zero attached hydrogens (tertiary/aromatic N) is 6. The number of piperidine rings is 1. The fourth-order valence-corrected chi connectivity index (χ4v) is 4.47. The Hall–Kier alpha value is -3.51. The van der Waals surface area contributed by atoms with Gasteiger partial charge in [0.2, 0.25) is 5.82 Å². The van der Waals surface area contributed by atoms with Gasteiger partial charge in [0, 0.05) is 37.0 Å². The van der Waals surface area contributed by atoms with Crippen LogP contribution in [0.4, 0.5) is 28.6 Å². The molecule has 2 saturated heterocycles. The Bertz CT molecular complexity index is 1190. The van der Waals surface area contributed by atoms with Gasteiger partial charge in [-0.3, -0.25) is 4.90 Å². The number of rotatable bonds is 3. The summed E-state index contributed by atoms with van der Waals surface area (Å²) in [4.78, 5) is 43.7. The number of carbonyl (C=O) groups excluding carboxylic acids is 2. The quantitative estimate of drug-likeness (QED) is 0.576. The first-order chi connectivity index (χ1) is 17.2. The number of ether oxygens (including phenoxy) is 2. The summed E-state index contributed by atoms with van der Waals surface area (Å²) in [7, 11) is 0. The molecule has 0 bridgehead atoms. The van der Waals surface area contributed by atoms with Crippen LogP contribution >= 0.6 is 0 Å². The molecule has 1 atom stereocenters. The molecule has 2 aliphatic rings. The maximum absolute atomic E-state index is 13.1. The largest absolute Gasteiger partial charge is 0.451 e. The maximum atomic E-state index is 13.1. The second-order valence-corrected chi connectivity index (χ2v) is 10.4. The molecular formula is C24H29F3N6O4. The third kappa shape index (κ3) is 5.75. The lowest BCUT2D eigenvalue weighted by molar-refractivity contribution is -0.144. The molecule has 0 N–H and O–H groups in total. The van der Waals surface area contributed by atoms with Gasteiger partial charge in [0.05, 0.1) is 12.2 Å². The van der Waals surface area contributed by atoms with E-state index in [1.54, 1.807) is 24.9 Å². The number of halogens is 3. The topological polar surface area (TPSA) is 111 Å². The molecule has 0 aliphatic carbocycles. The molecule has 0 radical (unpaired) electrons. The predicted octanol–water partition coefficient (Wildman–Crippen LogP) is 4.58. The van der Waals surface area contributed by atoms with Crippen molar-refractivity contribution in [3.63, 3.8) is 0 Å². The van der Waals surface area contributed by atoms with Gasteiger partial charge in [-0.2, -0.15) is 13.2 Å². The summed E-state index contributed by atoms with van der Waals surface area (Å²) < 4.78 is 50.5. The summed E-state index contributed by atoms with van der Waals surface area (Å²) in [5.41, 5.74) is -0.574. The summed E-state index contributed by atoms with van der Waals surface area (Å²) in [6.07, 6.45) is -2.20. The molecule has 2 fully saturated rings. The number of carbonyl (C=O) groups is 2. The van der Waals surface area contributed by atoms with Crippen LogP contribution in [-0.2, 0) is 21.3 Å². The van der Waals surface area contributed by atoms with Gasteiger partial charge in [0.1, 0.15) is 17.2 Å². The van der Waals surface area contributed by atoms with E-state index >= 15 is 0 Å². The molecule has 1 unspecified atom stereocenters. The van der Waals surface area contributed by atoms with Gasteiger partial charge < -0.3 is 14.4 Å². The average molecular weight is 523 g/mol. The Morgan fingerprint density at radius 2 is 1.84 bits per heavy atom. The highest BCUT2D eigenvalue weighted by Gasteiger charge is 2.47. The van der Waals surface area contributed by atoms with Crippen molar-refractivity contribution >= 4 is 18.0 Å². The van der Waals surface area contributed by atoms with Crippen molar-refractivity contribution in [3.05, 3.63) is 41.4 Å². The highest BCUT2D eigenvalue weighted by Crippen LogP contribution is 2.40. The zero-order valence-electron chi connectivity index (χ0n) is 21.3. The van der Waals surface area contributed by atoms with Crippen LogP contribution in [0.5, 0.6) is 0 Å². The molecule has 10 nitrogen and oxygen atoms in total. The molecule has 200 valence electrons. The van der Waals surface area contributed by atoms with E-state index in [1.807, 2.05) is 20.8 Å². The molecule has 0 saturated carbocycles. The van der Waals surface area contributed by atoms with E-state index in [0.29, 0.717) is 43.0 Å². The standard InChI is InChI=1S/C24H29F3N6O4/c1-14-29-12-16(18(30-14)15-7-10-32(11-8-15)20(34)36-22(2,3)4)23(5)13-33(21(35)37-23)17-6-9-28-19(31-17)24(25,26)27/h6,9,12,15H,7-8,10-11,13H2,1-5H3. The van der Waals surface area contributed by atoms with Gasteiger partial charge >= 0.3 is 18.4 Å². The molecule has 4 rings (SSSR count). The zero-order valence-corrected chi connectivity index (χ0v) is 21.3. The minimum absolute atomic E-state index is 0.0455. The Morgan fingerprint density at radius 1 is 1.16 bits per heavy atom. The van der Waals surface area contributed by atoms with Crippen molar-refractivity contribution in [2.45, 2.75) is 70.8 Å². The first-order valence-electron chi connectivity index (χ1n) is 11.9. The van der Waals surface area contributed by atoms with E-state index in [4.69, 9.17) is 9.47 Å². The normalized spacial score (nSPS) is 21.2. The summed E-state index contributed by atoms with van der Waals surface area (Å²) in [5.74, 6) is -1.07. The van der Waals surface area contributed by atoms with E-state index in [0.717, 1.165) is 11.1 Å². The summed E-state index contributed by atoms with van der Waals surface area (Å²) in [6, 6.07) is 1.22. The van der Waals surface area contributed by atoms with Crippen LogP contribution in [0, 0.1) is 6.92 Å². The fraction of sp³-hybridized carbons (Fsp3) is 0.583. The molecule has 2 aromatic heterocycles. The third-order valence-corrected chi connectivity index (χ3v) is 6.21. The fourth-order valence-electron chi connectivity index (χ4n) is 4.47. The van der Waals surface area contributed by atoms with E-state index in [-0.39, 0.29) is 24.4 Å². The van der Waals surface area contributed by atoms with Gasteiger partial charge in [-0.25, -0.2) is 29.5 Å². The molecule has 0 aromatic carbocycles. The highest BCUT2D eigenvalue weighted by molar-refractivity contribution is 5.89. The van der Waals surface area contributed by atoms with Crippen molar-refractivity contribution in [2.24, 2.45) is 0 Å². The number of hydrogen-bond acceptors (Lipinski definition) is 8. The smallest absolute Gasteiger partial charge is 0.444 e. The lowest BCUT2D eigenvalue weighted by Gasteiger charge is -2.35. The lowest BCUT2D eigenvalue weighted by atomic mass is 9.85. The second-order valence-electron chi connectivity index (χ2n) is 10.4. The number of amides is 2. The molecular weight excluding hydrogens is 493 g/mol. The number of likely N-dealkylation sites (tertiary alicyclic amines) is 1. The van der Waals surface area contributed by atoms with Crippen LogP contribution in [0.25, 0.3) is 0 Å². The maximum Gasteiger partial charge on any atom is 0.451 e. The Kier molecular flexibility index (Phi) is 6.76. The van der Waals surface area contributed by atoms with Crippen molar-refractivity contribution in [2.75, 3.05) is 24.5 Å². The average Bonchev–Trinajstić information content (AvgIpc) is 3.12.